The van der Waals surface area contributed by atoms with Gasteiger partial charge in [-0.3, -0.25) is 9.59 Å². The molecule has 0 aliphatic heterocycles. The van der Waals surface area contributed by atoms with E-state index in [0.29, 0.717) is 12.8 Å². The first-order valence-corrected chi connectivity index (χ1v) is 30.5. The molecule has 0 rings (SSSR count). The van der Waals surface area contributed by atoms with E-state index in [0.717, 1.165) is 77.0 Å². The number of aliphatic hydroxyl groups is 1. The van der Waals surface area contributed by atoms with Crippen molar-refractivity contribution >= 4 is 11.9 Å². The zero-order valence-electron chi connectivity index (χ0n) is 46.5. The van der Waals surface area contributed by atoms with Crippen molar-refractivity contribution in [2.75, 3.05) is 13.2 Å². The highest BCUT2D eigenvalue weighted by Crippen LogP contribution is 2.17. The summed E-state index contributed by atoms with van der Waals surface area (Å²) < 4.78 is 10.7. The lowest BCUT2D eigenvalue weighted by Gasteiger charge is -2.15. The number of unbranched alkanes of at least 4 members (excludes halogenated alkanes) is 36. The van der Waals surface area contributed by atoms with Gasteiger partial charge in [0.1, 0.15) is 6.61 Å². The van der Waals surface area contributed by atoms with Crippen molar-refractivity contribution in [1.82, 2.24) is 0 Å². The molecule has 1 atom stereocenters. The third-order valence-corrected chi connectivity index (χ3v) is 13.5. The van der Waals surface area contributed by atoms with E-state index in [2.05, 4.69) is 86.8 Å². The van der Waals surface area contributed by atoms with Gasteiger partial charge in [0.15, 0.2) is 6.10 Å². The molecule has 1 unspecified atom stereocenters. The maximum atomic E-state index is 12.3. The van der Waals surface area contributed by atoms with Gasteiger partial charge in [-0.2, -0.15) is 0 Å². The number of hydrogen-bond acceptors (Lipinski definition) is 5. The molecule has 0 spiro atoms. The molecule has 0 aliphatic rings. The summed E-state index contributed by atoms with van der Waals surface area (Å²) >= 11 is 0. The van der Waals surface area contributed by atoms with Gasteiger partial charge < -0.3 is 14.6 Å². The summed E-state index contributed by atoms with van der Waals surface area (Å²) in [5.41, 5.74) is 0. The third kappa shape index (κ3) is 57.9. The van der Waals surface area contributed by atoms with Crippen LogP contribution in [0.1, 0.15) is 309 Å². The second-order valence-electron chi connectivity index (χ2n) is 20.4. The SMILES string of the molecule is CC/C=C\C/C=C\C/C=C\C/C=C\C/C=C\C/C=C\CCCCCCCCCCCCCCC(=O)OC(CO)COC(=O)CCCCCCCCCCCCCCCCCCCCCCCCCCC. The first-order valence-electron chi connectivity index (χ1n) is 30.5. The summed E-state index contributed by atoms with van der Waals surface area (Å²) in [5.74, 6) is -0.580. The number of aliphatic hydroxyl groups excluding tert-OH is 1. The number of esters is 2. The van der Waals surface area contributed by atoms with E-state index in [1.54, 1.807) is 0 Å². The molecule has 0 aliphatic carbocycles. The Kier molecular flexibility index (Phi) is 58.3. The molecule has 0 heterocycles. The minimum absolute atomic E-state index is 0.0646. The lowest BCUT2D eigenvalue weighted by molar-refractivity contribution is -0.161. The molecular formula is C65H116O5. The van der Waals surface area contributed by atoms with E-state index in [1.165, 1.54) is 205 Å². The van der Waals surface area contributed by atoms with Crippen LogP contribution in [-0.4, -0.2) is 36.4 Å². The molecule has 0 aromatic carbocycles. The Bertz CT molecular complexity index is 1240. The molecule has 0 saturated heterocycles. The monoisotopic (exact) mass is 977 g/mol. The number of rotatable bonds is 56. The number of allylic oxidation sites excluding steroid dienone is 12. The van der Waals surface area contributed by atoms with Gasteiger partial charge in [0, 0.05) is 12.8 Å². The minimum Gasteiger partial charge on any atom is -0.462 e. The van der Waals surface area contributed by atoms with Crippen LogP contribution in [-0.2, 0) is 19.1 Å². The average Bonchev–Trinajstić information content (AvgIpc) is 3.36. The zero-order valence-corrected chi connectivity index (χ0v) is 46.5. The standard InChI is InChI=1S/C65H116O5/c1-3-5-7-9-11-13-15-17-19-21-23-25-27-29-30-31-32-33-34-36-38-40-42-44-46-48-50-52-54-56-58-60-65(68)70-63(61-66)62-69-64(67)59-57-55-53-51-49-47-45-43-41-39-37-35-28-26-24-22-20-18-16-14-12-10-8-6-4-2/h5,7,11,13,17,19,23,25,29-30,32-33,63,66H,3-4,6,8-10,12,14-16,18,20-22,24,26-28,31,34-62H2,1-2H3/b7-5-,13-11-,19-17-,25-23-,30-29-,33-32-. The van der Waals surface area contributed by atoms with Crippen molar-refractivity contribution in [3.05, 3.63) is 72.9 Å². The summed E-state index contributed by atoms with van der Waals surface area (Å²) in [5, 5.41) is 9.67. The molecule has 0 saturated carbocycles. The van der Waals surface area contributed by atoms with Gasteiger partial charge in [0.05, 0.1) is 6.61 Å². The molecule has 5 heteroatoms. The summed E-state index contributed by atoms with van der Waals surface area (Å²) in [6, 6.07) is 0. The van der Waals surface area contributed by atoms with E-state index in [9.17, 15) is 14.7 Å². The van der Waals surface area contributed by atoms with Crippen LogP contribution in [0.15, 0.2) is 72.9 Å². The van der Waals surface area contributed by atoms with E-state index in [4.69, 9.17) is 9.47 Å². The maximum absolute atomic E-state index is 12.3. The summed E-state index contributed by atoms with van der Waals surface area (Å²) in [6.45, 7) is 4.07. The predicted molar refractivity (Wildman–Crippen MR) is 306 cm³/mol. The Morgan fingerprint density at radius 3 is 0.929 bits per heavy atom. The lowest BCUT2D eigenvalue weighted by Crippen LogP contribution is -2.28. The van der Waals surface area contributed by atoms with Crippen LogP contribution in [0.3, 0.4) is 0 Å². The van der Waals surface area contributed by atoms with Gasteiger partial charge in [-0.15, -0.1) is 0 Å². The fourth-order valence-electron chi connectivity index (χ4n) is 8.97. The molecule has 406 valence electrons. The fourth-order valence-corrected chi connectivity index (χ4v) is 8.97. The molecule has 5 nitrogen and oxygen atoms in total. The first kappa shape index (κ1) is 67.3. The highest BCUT2D eigenvalue weighted by Gasteiger charge is 2.16. The summed E-state index contributed by atoms with van der Waals surface area (Å²) in [4.78, 5) is 24.6. The minimum atomic E-state index is -0.775. The number of carbonyl (C=O) groups is 2. The van der Waals surface area contributed by atoms with Gasteiger partial charge in [0.25, 0.3) is 0 Å². The molecule has 70 heavy (non-hydrogen) atoms. The molecule has 0 aromatic rings. The topological polar surface area (TPSA) is 72.8 Å². The van der Waals surface area contributed by atoms with Crippen LogP contribution in [0.5, 0.6) is 0 Å². The second-order valence-corrected chi connectivity index (χ2v) is 20.4. The van der Waals surface area contributed by atoms with Crippen LogP contribution in [0.4, 0.5) is 0 Å². The van der Waals surface area contributed by atoms with Gasteiger partial charge in [-0.1, -0.05) is 305 Å². The molecule has 0 bridgehead atoms. The van der Waals surface area contributed by atoms with Crippen LogP contribution in [0.25, 0.3) is 0 Å². The molecule has 0 aromatic heterocycles. The maximum Gasteiger partial charge on any atom is 0.306 e. The van der Waals surface area contributed by atoms with E-state index < -0.39 is 6.10 Å². The average molecular weight is 978 g/mol. The second kappa shape index (κ2) is 60.6. The lowest BCUT2D eigenvalue weighted by atomic mass is 10.0. The van der Waals surface area contributed by atoms with Gasteiger partial charge >= 0.3 is 11.9 Å². The highest BCUT2D eigenvalue weighted by molar-refractivity contribution is 5.70. The van der Waals surface area contributed by atoms with Crippen molar-refractivity contribution in [3.8, 4) is 0 Å². The predicted octanol–water partition coefficient (Wildman–Crippen LogP) is 20.8. The van der Waals surface area contributed by atoms with Crippen molar-refractivity contribution in [2.45, 2.75) is 315 Å². The Labute approximate surface area is 435 Å². The van der Waals surface area contributed by atoms with Crippen molar-refractivity contribution in [2.24, 2.45) is 0 Å². The van der Waals surface area contributed by atoms with Crippen molar-refractivity contribution in [1.29, 1.82) is 0 Å². The normalized spacial score (nSPS) is 12.7. The van der Waals surface area contributed by atoms with Gasteiger partial charge in [0.2, 0.25) is 0 Å². The van der Waals surface area contributed by atoms with Gasteiger partial charge in [-0.05, 0) is 64.2 Å². The van der Waals surface area contributed by atoms with Crippen molar-refractivity contribution < 1.29 is 24.2 Å². The van der Waals surface area contributed by atoms with Gasteiger partial charge in [-0.25, -0.2) is 0 Å². The Hall–Kier alpha value is -2.66. The first-order chi connectivity index (χ1) is 34.6. The number of hydrogen-bond donors (Lipinski definition) is 1. The van der Waals surface area contributed by atoms with Crippen LogP contribution in [0.2, 0.25) is 0 Å². The summed E-state index contributed by atoms with van der Waals surface area (Å²) in [6.07, 6.45) is 83.2. The molecule has 0 fully saturated rings. The fraction of sp³-hybridized carbons (Fsp3) is 0.785. The van der Waals surface area contributed by atoms with E-state index in [1.807, 2.05) is 0 Å². The smallest absolute Gasteiger partial charge is 0.306 e. The van der Waals surface area contributed by atoms with Crippen LogP contribution in [0, 0.1) is 0 Å². The molecular weight excluding hydrogens is 861 g/mol. The Balaban J connectivity index is 3.47. The largest absolute Gasteiger partial charge is 0.462 e. The van der Waals surface area contributed by atoms with E-state index >= 15 is 0 Å². The molecule has 1 N–H and O–H groups in total. The van der Waals surface area contributed by atoms with E-state index in [-0.39, 0.29) is 25.2 Å². The summed E-state index contributed by atoms with van der Waals surface area (Å²) in [7, 11) is 0. The number of carbonyl (C=O) groups excluding carboxylic acids is 2. The van der Waals surface area contributed by atoms with Crippen LogP contribution < -0.4 is 0 Å². The molecule has 0 amide bonds. The Morgan fingerprint density at radius 1 is 0.343 bits per heavy atom. The molecule has 0 radical (unpaired) electrons. The highest BCUT2D eigenvalue weighted by atomic mass is 16.6. The van der Waals surface area contributed by atoms with Crippen LogP contribution >= 0.6 is 0 Å². The number of ether oxygens (including phenoxy) is 2. The quantitative estimate of drug-likeness (QED) is 0.0373. The third-order valence-electron chi connectivity index (χ3n) is 13.5. The Morgan fingerprint density at radius 2 is 0.614 bits per heavy atom. The zero-order chi connectivity index (χ0) is 50.6. The van der Waals surface area contributed by atoms with Crippen molar-refractivity contribution in [3.63, 3.8) is 0 Å².